The Labute approximate surface area is 119 Å². The second-order valence-electron chi connectivity index (χ2n) is 7.22. The van der Waals surface area contributed by atoms with Gasteiger partial charge in [-0.2, -0.15) is 0 Å². The van der Waals surface area contributed by atoms with Crippen LogP contribution >= 0.6 is 0 Å². The van der Waals surface area contributed by atoms with E-state index in [0.29, 0.717) is 6.04 Å². The van der Waals surface area contributed by atoms with E-state index in [0.717, 1.165) is 18.4 Å². The number of hydrogen-bond acceptors (Lipinski definition) is 1. The molecule has 0 aliphatic carbocycles. The molecule has 0 bridgehead atoms. The Balaban J connectivity index is 2.61. The predicted molar refractivity (Wildman–Crippen MR) is 85.6 cm³/mol. The minimum absolute atomic E-state index is 0.237. The van der Waals surface area contributed by atoms with E-state index in [9.17, 15) is 0 Å². The molecule has 0 amide bonds. The summed E-state index contributed by atoms with van der Waals surface area (Å²) >= 11 is 0. The minimum atomic E-state index is 0.237. The molecule has 0 saturated carbocycles. The van der Waals surface area contributed by atoms with Crippen LogP contribution in [-0.2, 0) is 5.41 Å². The third kappa shape index (κ3) is 4.99. The Hall–Kier alpha value is -0.820. The van der Waals surface area contributed by atoms with Crippen LogP contribution in [0.4, 0.5) is 0 Å². The van der Waals surface area contributed by atoms with Crippen LogP contribution in [0.25, 0.3) is 0 Å². The maximum Gasteiger partial charge on any atom is 0.0291 e. The van der Waals surface area contributed by atoms with Crippen LogP contribution in [0.15, 0.2) is 24.3 Å². The largest absolute Gasteiger partial charge is 0.310 e. The van der Waals surface area contributed by atoms with Gasteiger partial charge in [-0.15, -0.1) is 0 Å². The lowest BCUT2D eigenvalue weighted by atomic mass is 9.86. The van der Waals surface area contributed by atoms with E-state index in [1.807, 2.05) is 0 Å². The Kier molecular flexibility index (Phi) is 5.61. The molecule has 1 aromatic carbocycles. The molecule has 0 aromatic heterocycles. The van der Waals surface area contributed by atoms with Gasteiger partial charge in [0.25, 0.3) is 0 Å². The van der Waals surface area contributed by atoms with E-state index < -0.39 is 0 Å². The summed E-state index contributed by atoms with van der Waals surface area (Å²) in [5, 5.41) is 3.64. The van der Waals surface area contributed by atoms with Gasteiger partial charge in [0.1, 0.15) is 0 Å². The quantitative estimate of drug-likeness (QED) is 0.792. The van der Waals surface area contributed by atoms with Crippen LogP contribution in [0.2, 0.25) is 0 Å². The van der Waals surface area contributed by atoms with Gasteiger partial charge in [0.05, 0.1) is 0 Å². The van der Waals surface area contributed by atoms with Crippen LogP contribution in [-0.4, -0.2) is 6.54 Å². The molecule has 1 nitrogen and oxygen atoms in total. The van der Waals surface area contributed by atoms with E-state index in [4.69, 9.17) is 0 Å². The molecule has 2 atom stereocenters. The lowest BCUT2D eigenvalue weighted by Gasteiger charge is -2.22. The molecule has 0 aliphatic heterocycles. The van der Waals surface area contributed by atoms with Gasteiger partial charge in [0, 0.05) is 6.04 Å². The fraction of sp³-hybridized carbons (Fsp3) is 0.667. The molecule has 0 spiro atoms. The molecule has 0 heterocycles. The molecule has 0 radical (unpaired) electrons. The lowest BCUT2D eigenvalue weighted by Crippen LogP contribution is -2.26. The van der Waals surface area contributed by atoms with Crippen LogP contribution in [0.1, 0.15) is 65.6 Å². The molecule has 2 unspecified atom stereocenters. The summed E-state index contributed by atoms with van der Waals surface area (Å²) < 4.78 is 0. The van der Waals surface area contributed by atoms with E-state index in [1.165, 1.54) is 11.1 Å². The zero-order valence-electron chi connectivity index (χ0n) is 13.7. The van der Waals surface area contributed by atoms with Crippen molar-refractivity contribution in [1.82, 2.24) is 5.32 Å². The molecule has 108 valence electrons. The summed E-state index contributed by atoms with van der Waals surface area (Å²) in [5.74, 6) is 1.46. The summed E-state index contributed by atoms with van der Waals surface area (Å²) in [4.78, 5) is 0. The molecule has 1 aromatic rings. The average Bonchev–Trinajstić information content (AvgIpc) is 2.34. The summed E-state index contributed by atoms with van der Waals surface area (Å²) in [5.41, 5.74) is 3.02. The molecular formula is C18H31N. The molecule has 19 heavy (non-hydrogen) atoms. The second-order valence-corrected chi connectivity index (χ2v) is 7.22. The van der Waals surface area contributed by atoms with Crippen molar-refractivity contribution in [2.24, 2.45) is 11.8 Å². The van der Waals surface area contributed by atoms with Crippen LogP contribution in [0, 0.1) is 11.8 Å². The van der Waals surface area contributed by atoms with E-state index >= 15 is 0 Å². The van der Waals surface area contributed by atoms with Crippen molar-refractivity contribution in [3.05, 3.63) is 35.4 Å². The lowest BCUT2D eigenvalue weighted by molar-refractivity contribution is 0.375. The smallest absolute Gasteiger partial charge is 0.0291 e. The summed E-state index contributed by atoms with van der Waals surface area (Å²) in [6.45, 7) is 17.0. The first kappa shape index (κ1) is 16.2. The second kappa shape index (κ2) is 6.56. The average molecular weight is 261 g/mol. The Morgan fingerprint density at radius 1 is 0.947 bits per heavy atom. The summed E-state index contributed by atoms with van der Waals surface area (Å²) in [6.07, 6.45) is 0. The first-order valence-corrected chi connectivity index (χ1v) is 7.55. The number of hydrogen-bond donors (Lipinski definition) is 1. The maximum absolute atomic E-state index is 3.64. The highest BCUT2D eigenvalue weighted by molar-refractivity contribution is 5.28. The zero-order chi connectivity index (χ0) is 14.6. The monoisotopic (exact) mass is 261 g/mol. The number of benzene rings is 1. The topological polar surface area (TPSA) is 12.0 Å². The molecule has 1 N–H and O–H groups in total. The highest BCUT2D eigenvalue weighted by atomic mass is 14.9. The first-order chi connectivity index (χ1) is 8.71. The van der Waals surface area contributed by atoms with Crippen molar-refractivity contribution >= 4 is 0 Å². The van der Waals surface area contributed by atoms with Gasteiger partial charge < -0.3 is 5.32 Å². The summed E-state index contributed by atoms with van der Waals surface area (Å²) in [6, 6.07) is 9.48. The van der Waals surface area contributed by atoms with Crippen molar-refractivity contribution in [3.8, 4) is 0 Å². The van der Waals surface area contributed by atoms with Crippen molar-refractivity contribution in [2.75, 3.05) is 6.54 Å². The maximum atomic E-state index is 3.64. The van der Waals surface area contributed by atoms with Gasteiger partial charge in [-0.1, -0.05) is 65.8 Å². The van der Waals surface area contributed by atoms with Crippen molar-refractivity contribution < 1.29 is 0 Å². The molecule has 0 fully saturated rings. The summed E-state index contributed by atoms with van der Waals surface area (Å²) in [7, 11) is 0. The number of nitrogens with one attached hydrogen (secondary N) is 1. The third-order valence-corrected chi connectivity index (χ3v) is 4.16. The van der Waals surface area contributed by atoms with E-state index in [-0.39, 0.29) is 5.41 Å². The van der Waals surface area contributed by atoms with E-state index in [2.05, 4.69) is 78.0 Å². The van der Waals surface area contributed by atoms with Crippen molar-refractivity contribution in [2.45, 2.75) is 59.9 Å². The van der Waals surface area contributed by atoms with E-state index in [1.54, 1.807) is 0 Å². The third-order valence-electron chi connectivity index (χ3n) is 4.16. The Morgan fingerprint density at radius 3 is 1.89 bits per heavy atom. The highest BCUT2D eigenvalue weighted by Crippen LogP contribution is 2.24. The molecule has 0 aliphatic rings. The Bertz CT molecular complexity index is 370. The van der Waals surface area contributed by atoms with Crippen molar-refractivity contribution in [3.63, 3.8) is 0 Å². The van der Waals surface area contributed by atoms with Gasteiger partial charge in [-0.05, 0) is 41.8 Å². The first-order valence-electron chi connectivity index (χ1n) is 7.55. The number of rotatable bonds is 5. The van der Waals surface area contributed by atoms with Gasteiger partial charge in [-0.3, -0.25) is 0 Å². The molecular weight excluding hydrogens is 230 g/mol. The van der Waals surface area contributed by atoms with Gasteiger partial charge in [0.2, 0.25) is 0 Å². The van der Waals surface area contributed by atoms with Crippen LogP contribution in [0.3, 0.4) is 0 Å². The fourth-order valence-electron chi connectivity index (χ4n) is 1.99. The zero-order valence-corrected chi connectivity index (χ0v) is 13.7. The van der Waals surface area contributed by atoms with Gasteiger partial charge in [-0.25, -0.2) is 0 Å². The van der Waals surface area contributed by atoms with Gasteiger partial charge in [0.15, 0.2) is 0 Å². The molecule has 1 rings (SSSR count). The molecule has 1 heteroatoms. The van der Waals surface area contributed by atoms with Crippen molar-refractivity contribution in [1.29, 1.82) is 0 Å². The van der Waals surface area contributed by atoms with Gasteiger partial charge >= 0.3 is 0 Å². The Morgan fingerprint density at radius 2 is 1.47 bits per heavy atom. The minimum Gasteiger partial charge on any atom is -0.310 e. The predicted octanol–water partition coefficient (Wildman–Crippen LogP) is 4.93. The van der Waals surface area contributed by atoms with Crippen LogP contribution in [0.5, 0.6) is 0 Å². The normalized spacial score (nSPS) is 15.6. The molecule has 0 saturated heterocycles. The SMILES string of the molecule is CC(NCC(C)C(C)C)c1ccc(C(C)(C)C)cc1. The fourth-order valence-corrected chi connectivity index (χ4v) is 1.99. The van der Waals surface area contributed by atoms with Crippen LogP contribution < -0.4 is 5.32 Å². The highest BCUT2D eigenvalue weighted by Gasteiger charge is 2.14. The standard InChI is InChI=1S/C18H31N/c1-13(2)14(3)12-19-15(4)16-8-10-17(11-9-16)18(5,6)7/h8-11,13-15,19H,12H2,1-7H3.